The topological polar surface area (TPSA) is 93.3 Å². The minimum atomic E-state index is -1.12. The number of aromatic carboxylic acids is 1. The second kappa shape index (κ2) is 6.11. The molecule has 1 aromatic heterocycles. The summed E-state index contributed by atoms with van der Waals surface area (Å²) < 4.78 is 0. The van der Waals surface area contributed by atoms with Gasteiger partial charge in [0.2, 0.25) is 0 Å². The molecule has 0 aliphatic heterocycles. The molecule has 0 bridgehead atoms. The summed E-state index contributed by atoms with van der Waals surface area (Å²) in [5.74, 6) is -1.12. The highest BCUT2D eigenvalue weighted by molar-refractivity contribution is 7.99. The summed E-state index contributed by atoms with van der Waals surface area (Å²) in [4.78, 5) is 26.0. The molecule has 0 amide bonds. The van der Waals surface area contributed by atoms with Gasteiger partial charge in [-0.2, -0.15) is 0 Å². The van der Waals surface area contributed by atoms with Crippen molar-refractivity contribution in [3.63, 3.8) is 0 Å². The Balaban J connectivity index is 2.30. The molecule has 0 fully saturated rings. The lowest BCUT2D eigenvalue weighted by Crippen LogP contribution is -1.97. The first-order chi connectivity index (χ1) is 9.88. The molecule has 2 rings (SSSR count). The average molecular weight is 325 g/mol. The zero-order valence-corrected chi connectivity index (χ0v) is 12.3. The first kappa shape index (κ1) is 15.3. The Morgan fingerprint density at radius 1 is 1.38 bits per heavy atom. The van der Waals surface area contributed by atoms with Crippen LogP contribution < -0.4 is 0 Å². The number of hydrogen-bond acceptors (Lipinski definition) is 5. The number of aromatic nitrogens is 1. The smallest absolute Gasteiger partial charge is 0.337 e. The highest BCUT2D eigenvalue weighted by Crippen LogP contribution is 2.31. The van der Waals surface area contributed by atoms with Gasteiger partial charge in [0.05, 0.1) is 15.5 Å². The van der Waals surface area contributed by atoms with Crippen LogP contribution in [0.3, 0.4) is 0 Å². The fourth-order valence-corrected chi connectivity index (χ4v) is 2.70. The van der Waals surface area contributed by atoms with Crippen molar-refractivity contribution in [1.29, 1.82) is 0 Å². The van der Waals surface area contributed by atoms with E-state index in [4.69, 9.17) is 16.7 Å². The van der Waals surface area contributed by atoms with E-state index in [1.165, 1.54) is 36.0 Å². The lowest BCUT2D eigenvalue weighted by Gasteiger charge is -2.05. The molecule has 0 atom stereocenters. The van der Waals surface area contributed by atoms with Crippen molar-refractivity contribution in [2.45, 2.75) is 16.8 Å². The summed E-state index contributed by atoms with van der Waals surface area (Å²) in [6, 6.07) is 7.49. The lowest BCUT2D eigenvalue weighted by atomic mass is 10.2. The second-order valence-corrected chi connectivity index (χ2v) is 5.56. The SMILES string of the molecule is Cc1nc(Sc2ccc(Cl)c(C(=O)O)c2)ccc1[N+](=O)[O-]. The van der Waals surface area contributed by atoms with E-state index >= 15 is 0 Å². The van der Waals surface area contributed by atoms with Crippen LogP contribution in [0.2, 0.25) is 5.02 Å². The van der Waals surface area contributed by atoms with Gasteiger partial charge >= 0.3 is 5.97 Å². The van der Waals surface area contributed by atoms with Crippen molar-refractivity contribution in [2.75, 3.05) is 0 Å². The van der Waals surface area contributed by atoms with Gasteiger partial charge in [0.15, 0.2) is 0 Å². The Bertz CT molecular complexity index is 736. The molecule has 21 heavy (non-hydrogen) atoms. The fraction of sp³-hybridized carbons (Fsp3) is 0.0769. The number of carboxylic acids is 1. The molecule has 1 aromatic carbocycles. The Labute approximate surface area is 128 Å². The number of aryl methyl sites for hydroxylation is 1. The molecule has 8 heteroatoms. The third-order valence-electron chi connectivity index (χ3n) is 2.62. The van der Waals surface area contributed by atoms with E-state index < -0.39 is 10.9 Å². The van der Waals surface area contributed by atoms with Gasteiger partial charge in [-0.3, -0.25) is 10.1 Å². The van der Waals surface area contributed by atoms with Crippen LogP contribution >= 0.6 is 23.4 Å². The molecule has 0 saturated heterocycles. The molecule has 0 radical (unpaired) electrons. The third kappa shape index (κ3) is 3.50. The maximum absolute atomic E-state index is 11.0. The number of halogens is 1. The molecule has 0 aliphatic carbocycles. The molecular formula is C13H9ClN2O4S. The summed E-state index contributed by atoms with van der Waals surface area (Å²) in [6.07, 6.45) is 0. The van der Waals surface area contributed by atoms with Crippen molar-refractivity contribution >= 4 is 35.0 Å². The van der Waals surface area contributed by atoms with E-state index in [1.54, 1.807) is 13.0 Å². The van der Waals surface area contributed by atoms with E-state index in [1.807, 2.05) is 0 Å². The van der Waals surface area contributed by atoms with E-state index in [9.17, 15) is 14.9 Å². The maximum atomic E-state index is 11.0. The Morgan fingerprint density at radius 2 is 2.10 bits per heavy atom. The molecule has 1 heterocycles. The molecule has 0 aliphatic rings. The van der Waals surface area contributed by atoms with Crippen molar-refractivity contribution in [1.82, 2.24) is 4.98 Å². The van der Waals surface area contributed by atoms with Crippen molar-refractivity contribution in [3.8, 4) is 0 Å². The predicted octanol–water partition coefficient (Wildman–Crippen LogP) is 3.80. The minimum absolute atomic E-state index is 0.000278. The van der Waals surface area contributed by atoms with Crippen LogP contribution in [0.4, 0.5) is 5.69 Å². The quantitative estimate of drug-likeness (QED) is 0.679. The molecule has 1 N–H and O–H groups in total. The van der Waals surface area contributed by atoms with E-state index in [0.717, 1.165) is 0 Å². The number of carbonyl (C=O) groups is 1. The first-order valence-electron chi connectivity index (χ1n) is 5.71. The normalized spacial score (nSPS) is 10.4. The van der Waals surface area contributed by atoms with Gasteiger partial charge in [-0.05, 0) is 31.2 Å². The molecule has 108 valence electrons. The zero-order valence-electron chi connectivity index (χ0n) is 10.7. The van der Waals surface area contributed by atoms with Crippen LogP contribution in [-0.4, -0.2) is 21.0 Å². The number of benzene rings is 1. The highest BCUT2D eigenvalue weighted by Gasteiger charge is 2.14. The molecule has 0 saturated carbocycles. The van der Waals surface area contributed by atoms with Crippen LogP contribution in [0.25, 0.3) is 0 Å². The molecule has 0 spiro atoms. The fourth-order valence-electron chi connectivity index (χ4n) is 1.63. The van der Waals surface area contributed by atoms with Gasteiger partial charge in [0.25, 0.3) is 5.69 Å². The Hall–Kier alpha value is -2.12. The van der Waals surface area contributed by atoms with E-state index in [2.05, 4.69) is 4.98 Å². The maximum Gasteiger partial charge on any atom is 0.337 e. The van der Waals surface area contributed by atoms with Gasteiger partial charge in [-0.25, -0.2) is 9.78 Å². The van der Waals surface area contributed by atoms with Gasteiger partial charge in [0.1, 0.15) is 10.7 Å². The van der Waals surface area contributed by atoms with Gasteiger partial charge in [0, 0.05) is 11.0 Å². The van der Waals surface area contributed by atoms with Crippen molar-refractivity contribution in [3.05, 3.63) is 56.7 Å². The number of hydrogen-bond donors (Lipinski definition) is 1. The Kier molecular flexibility index (Phi) is 4.44. The standard InChI is InChI=1S/C13H9ClN2O4S/c1-7-11(16(19)20)4-5-12(15-7)21-8-2-3-10(14)9(6-8)13(17)18/h2-6H,1H3,(H,17,18). The summed E-state index contributed by atoms with van der Waals surface area (Å²) >= 11 is 7.00. The second-order valence-electron chi connectivity index (χ2n) is 4.06. The van der Waals surface area contributed by atoms with Crippen LogP contribution in [-0.2, 0) is 0 Å². The number of nitrogens with zero attached hydrogens (tertiary/aromatic N) is 2. The average Bonchev–Trinajstić information content (AvgIpc) is 2.40. The van der Waals surface area contributed by atoms with Crippen LogP contribution in [0, 0.1) is 17.0 Å². The van der Waals surface area contributed by atoms with Crippen molar-refractivity contribution in [2.24, 2.45) is 0 Å². The van der Waals surface area contributed by atoms with Crippen LogP contribution in [0.15, 0.2) is 40.3 Å². The summed E-state index contributed by atoms with van der Waals surface area (Å²) in [5, 5.41) is 20.4. The largest absolute Gasteiger partial charge is 0.478 e. The predicted molar refractivity (Wildman–Crippen MR) is 78.2 cm³/mol. The summed E-state index contributed by atoms with van der Waals surface area (Å²) in [7, 11) is 0. The zero-order chi connectivity index (χ0) is 15.6. The van der Waals surface area contributed by atoms with Crippen LogP contribution in [0.1, 0.15) is 16.1 Å². The molecule has 0 unspecified atom stereocenters. The van der Waals surface area contributed by atoms with Gasteiger partial charge in [-0.15, -0.1) is 0 Å². The number of pyridine rings is 1. The third-order valence-corrected chi connectivity index (χ3v) is 3.88. The van der Waals surface area contributed by atoms with E-state index in [0.29, 0.717) is 15.6 Å². The number of rotatable bonds is 4. The summed E-state index contributed by atoms with van der Waals surface area (Å²) in [5.41, 5.74) is 0.249. The van der Waals surface area contributed by atoms with Crippen LogP contribution in [0.5, 0.6) is 0 Å². The van der Waals surface area contributed by atoms with E-state index in [-0.39, 0.29) is 16.3 Å². The molecule has 6 nitrogen and oxygen atoms in total. The summed E-state index contributed by atoms with van der Waals surface area (Å²) in [6.45, 7) is 1.55. The number of carboxylic acid groups (broad SMARTS) is 1. The lowest BCUT2D eigenvalue weighted by molar-refractivity contribution is -0.385. The minimum Gasteiger partial charge on any atom is -0.478 e. The van der Waals surface area contributed by atoms with Gasteiger partial charge < -0.3 is 5.11 Å². The first-order valence-corrected chi connectivity index (χ1v) is 6.90. The molecular weight excluding hydrogens is 316 g/mol. The number of nitro groups is 1. The monoisotopic (exact) mass is 324 g/mol. The van der Waals surface area contributed by atoms with Crippen molar-refractivity contribution < 1.29 is 14.8 Å². The Morgan fingerprint density at radius 3 is 2.67 bits per heavy atom. The van der Waals surface area contributed by atoms with Gasteiger partial charge in [-0.1, -0.05) is 23.4 Å². The highest BCUT2D eigenvalue weighted by atomic mass is 35.5. The molecule has 2 aromatic rings.